The first kappa shape index (κ1) is 41.4. The Kier molecular flexibility index (Phi) is 13.7. The summed E-state index contributed by atoms with van der Waals surface area (Å²) in [6.07, 6.45) is 0. The van der Waals surface area contributed by atoms with Crippen LogP contribution in [-0.2, 0) is 20.8 Å². The molecule has 11 rings (SSSR count). The van der Waals surface area contributed by atoms with Gasteiger partial charge in [0, 0.05) is 0 Å². The molecule has 10 aromatic carbocycles. The van der Waals surface area contributed by atoms with E-state index in [4.69, 9.17) is 17.0 Å². The smallest absolute Gasteiger partial charge is 0.0920 e. The van der Waals surface area contributed by atoms with Crippen molar-refractivity contribution in [1.29, 1.82) is 0 Å². The summed E-state index contributed by atoms with van der Waals surface area (Å²) in [6.45, 7) is 4.33. The van der Waals surface area contributed by atoms with Gasteiger partial charge in [-0.15, -0.1) is 62.5 Å². The molecule has 0 N–H and O–H groups in total. The third-order valence-corrected chi connectivity index (χ3v) is 12.1. The number of rotatable bonds is 4. The van der Waals surface area contributed by atoms with Crippen LogP contribution in [-0.4, -0.2) is 9.52 Å². The molecule has 0 aliphatic carbocycles. The van der Waals surface area contributed by atoms with Crippen molar-refractivity contribution in [2.24, 2.45) is 0 Å². The third kappa shape index (κ3) is 9.34. The van der Waals surface area contributed by atoms with Crippen LogP contribution in [0.25, 0.3) is 77.2 Å². The normalized spacial score (nSPS) is 10.9. The van der Waals surface area contributed by atoms with E-state index in [1.807, 2.05) is 6.07 Å². The van der Waals surface area contributed by atoms with Gasteiger partial charge in [0.25, 0.3) is 0 Å². The molecule has 2 radical (unpaired) electrons. The van der Waals surface area contributed by atoms with Gasteiger partial charge in [-0.25, -0.2) is 0 Å². The van der Waals surface area contributed by atoms with E-state index in [0.717, 1.165) is 9.52 Å². The Morgan fingerprint density at radius 2 is 0.833 bits per heavy atom. The van der Waals surface area contributed by atoms with Crippen LogP contribution >= 0.6 is 17.0 Å². The molecule has 4 heteroatoms. The van der Waals surface area contributed by atoms with Crippen LogP contribution in [0.4, 0.5) is 0 Å². The first-order valence-electron chi connectivity index (χ1n) is 20.0. The fourth-order valence-corrected chi connectivity index (χ4v) is 9.45. The summed E-state index contributed by atoms with van der Waals surface area (Å²) in [6, 6.07) is 78.9. The monoisotopic (exact) mass is 901 g/mol. The van der Waals surface area contributed by atoms with Crippen molar-refractivity contribution in [2.75, 3.05) is 0 Å². The topological polar surface area (TPSA) is 0 Å². The molecule has 1 aliphatic rings. The van der Waals surface area contributed by atoms with E-state index in [1.54, 1.807) is 0 Å². The van der Waals surface area contributed by atoms with Gasteiger partial charge in [-0.2, -0.15) is 41.6 Å². The average Bonchev–Trinajstić information content (AvgIpc) is 4.00. The van der Waals surface area contributed by atoms with Crippen LogP contribution in [0.15, 0.2) is 212 Å². The number of hydrogen-bond acceptors (Lipinski definition) is 0. The molecule has 290 valence electrons. The molecule has 0 aromatic heterocycles. The molecule has 10 aromatic rings. The van der Waals surface area contributed by atoms with E-state index in [0.29, 0.717) is 0 Å². The molecule has 0 nitrogen and oxygen atoms in total. The Balaban J connectivity index is 0.000000124. The van der Waals surface area contributed by atoms with Gasteiger partial charge in [0.1, 0.15) is 0 Å². The second kappa shape index (κ2) is 19.8. The maximum atomic E-state index is 4.93. The zero-order valence-corrected chi connectivity index (χ0v) is 38.4. The van der Waals surface area contributed by atoms with Crippen molar-refractivity contribution in [1.82, 2.24) is 0 Å². The first-order valence-corrected chi connectivity index (χ1v) is 27.3. The van der Waals surface area contributed by atoms with Crippen LogP contribution in [0.2, 0.25) is 0 Å². The molecule has 0 bridgehead atoms. The predicted octanol–water partition coefficient (Wildman–Crippen LogP) is 14.9. The second-order valence-electron chi connectivity index (χ2n) is 14.7. The Labute approximate surface area is 375 Å². The van der Waals surface area contributed by atoms with E-state index in [9.17, 15) is 0 Å². The maximum absolute atomic E-state index is 4.93. The zero-order valence-electron chi connectivity index (χ0n) is 33.5. The molecule has 0 saturated carbocycles. The van der Waals surface area contributed by atoms with Crippen molar-refractivity contribution >= 4 is 58.5 Å². The quantitative estimate of drug-likeness (QED) is 0.122. The molecule has 1 aliphatic heterocycles. The third-order valence-electron chi connectivity index (χ3n) is 10.7. The van der Waals surface area contributed by atoms with Crippen molar-refractivity contribution in [3.8, 4) is 55.6 Å². The van der Waals surface area contributed by atoms with Crippen molar-refractivity contribution in [3.05, 3.63) is 230 Å². The Morgan fingerprint density at radius 1 is 0.433 bits per heavy atom. The van der Waals surface area contributed by atoms with E-state index in [2.05, 4.69) is 226 Å². The predicted molar refractivity (Wildman–Crippen MR) is 258 cm³/mol. The summed E-state index contributed by atoms with van der Waals surface area (Å²) in [5.41, 5.74) is 15.7. The van der Waals surface area contributed by atoms with Gasteiger partial charge in [0.05, 0.1) is 9.52 Å². The standard InChI is InChI=1S/2C22H17.C12H7Si.2ClH.Zr/c2*1-16-14-19-12-13-20(17-8-4-2-5-9-17)22(21(19)15-16)18-10-6-3-7-11-18;1-3-7-11-9(5-1)10-6-2-4-8-12(10)13-11;;;/h2*2-15H,1H3;1-7H;2*1H;/q3*-1;;;+2/p-2. The number of aryl methyl sites for hydroxylation is 2. The minimum absolute atomic E-state index is 0.795. The Hall–Kier alpha value is -5.34. The zero-order chi connectivity index (χ0) is 41.3. The number of hydrogen-bond donors (Lipinski definition) is 0. The second-order valence-corrected chi connectivity index (χ2v) is 19.7. The Morgan fingerprint density at radius 3 is 1.30 bits per heavy atom. The molecular weight excluding hydrogens is 863 g/mol. The number of benzene rings is 8. The first-order chi connectivity index (χ1) is 29.5. The molecule has 0 atom stereocenters. The minimum Gasteiger partial charge on any atom is -0.184 e. The molecular formula is C56H41Cl2SiZr-3. The average molecular weight is 904 g/mol. The van der Waals surface area contributed by atoms with Gasteiger partial charge in [0.2, 0.25) is 0 Å². The summed E-state index contributed by atoms with van der Waals surface area (Å²) >= 11 is -0.826. The van der Waals surface area contributed by atoms with Crippen LogP contribution in [0.1, 0.15) is 11.1 Å². The van der Waals surface area contributed by atoms with Crippen LogP contribution in [0.3, 0.4) is 0 Å². The molecule has 0 saturated heterocycles. The molecule has 60 heavy (non-hydrogen) atoms. The van der Waals surface area contributed by atoms with Crippen molar-refractivity contribution in [2.45, 2.75) is 13.8 Å². The summed E-state index contributed by atoms with van der Waals surface area (Å²) in [7, 11) is 10.7. The summed E-state index contributed by atoms with van der Waals surface area (Å²) in [4.78, 5) is 0. The van der Waals surface area contributed by atoms with Gasteiger partial charge in [-0.05, 0) is 33.4 Å². The fourth-order valence-electron chi connectivity index (χ4n) is 8.14. The van der Waals surface area contributed by atoms with Gasteiger partial charge in [0.15, 0.2) is 0 Å². The molecule has 0 spiro atoms. The number of fused-ring (bicyclic) bond motifs is 5. The van der Waals surface area contributed by atoms with E-state index in [-0.39, 0.29) is 0 Å². The SMILES string of the molecule is Cc1cc2c(-c3ccccc3)c(-c3ccccc3)ccc2[cH-]1.Cc1cc2c(-c3ccccc3)c(-c3ccccc3)ccc2[cH-]1.[Cl][Zr][Cl].[c-]1cccc2c1[Si]c1ccccc1-2. The van der Waals surface area contributed by atoms with Crippen LogP contribution in [0, 0.1) is 19.9 Å². The van der Waals surface area contributed by atoms with Gasteiger partial charge in [-0.3, -0.25) is 0 Å². The summed E-state index contributed by atoms with van der Waals surface area (Å²) in [5, 5.41) is 8.13. The van der Waals surface area contributed by atoms with Crippen molar-refractivity contribution < 1.29 is 20.8 Å². The van der Waals surface area contributed by atoms with Gasteiger partial charge in [-0.1, -0.05) is 193 Å². The molecule has 1 heterocycles. The number of halogens is 2. The van der Waals surface area contributed by atoms with E-state index >= 15 is 0 Å². The van der Waals surface area contributed by atoms with Gasteiger partial charge >= 0.3 is 37.9 Å². The molecule has 0 unspecified atom stereocenters. The van der Waals surface area contributed by atoms with Crippen LogP contribution < -0.4 is 10.4 Å². The largest absolute Gasteiger partial charge is 0.184 e. The maximum Gasteiger partial charge on any atom is 0.0920 e. The summed E-state index contributed by atoms with van der Waals surface area (Å²) < 4.78 is 0. The summed E-state index contributed by atoms with van der Waals surface area (Å²) in [5.74, 6) is 0. The molecule has 0 fully saturated rings. The molecule has 0 amide bonds. The van der Waals surface area contributed by atoms with Crippen LogP contribution in [0.5, 0.6) is 0 Å². The van der Waals surface area contributed by atoms with E-state index in [1.165, 1.54) is 98.7 Å². The van der Waals surface area contributed by atoms with E-state index < -0.39 is 20.8 Å². The fraction of sp³-hybridized carbons (Fsp3) is 0.0357. The van der Waals surface area contributed by atoms with Crippen molar-refractivity contribution in [3.63, 3.8) is 0 Å². The van der Waals surface area contributed by atoms with Gasteiger partial charge < -0.3 is 0 Å². The Bertz CT molecular complexity index is 2750. The minimum atomic E-state index is -0.826.